The highest BCUT2D eigenvalue weighted by molar-refractivity contribution is 5.96. The number of nitrogens with zero attached hydrogens (tertiary/aromatic N) is 5. The average molecular weight is 505 g/mol. The molecule has 1 aromatic carbocycles. The third-order valence-electron chi connectivity index (χ3n) is 7.24. The predicted molar refractivity (Wildman–Crippen MR) is 145 cm³/mol. The lowest BCUT2D eigenvalue weighted by Gasteiger charge is -2.22. The maximum absolute atomic E-state index is 13.9. The molecular formula is C29H25FN8. The summed E-state index contributed by atoms with van der Waals surface area (Å²) >= 11 is 0. The molecule has 1 saturated heterocycles. The summed E-state index contributed by atoms with van der Waals surface area (Å²) < 4.78 is 13.9. The van der Waals surface area contributed by atoms with Crippen molar-refractivity contribution in [1.29, 1.82) is 0 Å². The topological polar surface area (TPSA) is 108 Å². The third kappa shape index (κ3) is 4.20. The molecule has 0 bridgehead atoms. The van der Waals surface area contributed by atoms with Crippen LogP contribution in [0.5, 0.6) is 0 Å². The molecule has 8 nitrogen and oxygen atoms in total. The van der Waals surface area contributed by atoms with Crippen LogP contribution in [0.15, 0.2) is 67.3 Å². The van der Waals surface area contributed by atoms with Crippen molar-refractivity contribution in [2.75, 3.05) is 13.1 Å². The molecule has 0 atom stereocenters. The van der Waals surface area contributed by atoms with Gasteiger partial charge in [0.2, 0.25) is 0 Å². The summed E-state index contributed by atoms with van der Waals surface area (Å²) in [6, 6.07) is 12.5. The van der Waals surface area contributed by atoms with Gasteiger partial charge < -0.3 is 10.3 Å². The Labute approximate surface area is 217 Å². The number of hydrogen-bond acceptors (Lipinski definition) is 6. The van der Waals surface area contributed by atoms with Crippen LogP contribution in [0.1, 0.15) is 18.4 Å². The van der Waals surface area contributed by atoms with E-state index in [9.17, 15) is 4.39 Å². The normalized spacial score (nSPS) is 14.4. The van der Waals surface area contributed by atoms with Gasteiger partial charge in [0.1, 0.15) is 17.0 Å². The second kappa shape index (κ2) is 9.42. The van der Waals surface area contributed by atoms with Crippen LogP contribution < -0.4 is 5.32 Å². The number of fused-ring (bicyclic) bond motifs is 2. The molecule has 6 aromatic rings. The number of aromatic nitrogens is 7. The van der Waals surface area contributed by atoms with E-state index in [0.29, 0.717) is 34.2 Å². The van der Waals surface area contributed by atoms with Gasteiger partial charge in [-0.3, -0.25) is 20.1 Å². The fraction of sp³-hybridized carbons (Fsp3) is 0.207. The summed E-state index contributed by atoms with van der Waals surface area (Å²) in [7, 11) is 0. The molecule has 0 spiro atoms. The molecule has 1 fully saturated rings. The van der Waals surface area contributed by atoms with Gasteiger partial charge in [0.25, 0.3) is 0 Å². The van der Waals surface area contributed by atoms with Crippen molar-refractivity contribution in [3.63, 3.8) is 0 Å². The highest BCUT2D eigenvalue weighted by atomic mass is 19.1. The molecule has 1 aliphatic rings. The van der Waals surface area contributed by atoms with Crippen molar-refractivity contribution < 1.29 is 4.39 Å². The summed E-state index contributed by atoms with van der Waals surface area (Å²) in [6.45, 7) is 2.17. The van der Waals surface area contributed by atoms with Crippen LogP contribution in [0.2, 0.25) is 0 Å². The Kier molecular flexibility index (Phi) is 5.62. The fourth-order valence-corrected chi connectivity index (χ4v) is 5.31. The van der Waals surface area contributed by atoms with E-state index in [1.807, 2.05) is 30.6 Å². The first-order valence-corrected chi connectivity index (χ1v) is 12.8. The lowest BCUT2D eigenvalue weighted by atomic mass is 9.91. The standard InChI is InChI=1S/C29H25FN8/c30-21-3-1-2-19(12-21)26-28-23(6-9-33-26)35-29(36-28)27-22-13-24(34-16-25(22)37-38-27)20-11-18(14-32-15-20)10-17-4-7-31-8-5-17/h1-3,6,9,11-17,31H,4-5,7-8,10H2,(H,35,36)(H,37,38). The van der Waals surface area contributed by atoms with Crippen LogP contribution in [0, 0.1) is 11.7 Å². The van der Waals surface area contributed by atoms with Crippen molar-refractivity contribution in [2.24, 2.45) is 5.92 Å². The third-order valence-corrected chi connectivity index (χ3v) is 7.24. The largest absolute Gasteiger partial charge is 0.336 e. The number of pyridine rings is 3. The molecule has 7 rings (SSSR count). The summed E-state index contributed by atoms with van der Waals surface area (Å²) in [4.78, 5) is 21.9. The first kappa shape index (κ1) is 22.7. The Balaban J connectivity index is 1.26. The zero-order valence-corrected chi connectivity index (χ0v) is 20.6. The number of piperidine rings is 1. The van der Waals surface area contributed by atoms with Gasteiger partial charge >= 0.3 is 0 Å². The molecule has 3 N–H and O–H groups in total. The zero-order valence-electron chi connectivity index (χ0n) is 20.6. The lowest BCUT2D eigenvalue weighted by molar-refractivity contribution is 0.372. The number of aromatic amines is 2. The minimum Gasteiger partial charge on any atom is -0.336 e. The van der Waals surface area contributed by atoms with Gasteiger partial charge in [0.05, 0.1) is 28.6 Å². The van der Waals surface area contributed by atoms with E-state index in [2.05, 4.69) is 41.5 Å². The van der Waals surface area contributed by atoms with Crippen molar-refractivity contribution >= 4 is 21.9 Å². The quantitative estimate of drug-likeness (QED) is 0.294. The van der Waals surface area contributed by atoms with Crippen molar-refractivity contribution in [2.45, 2.75) is 19.3 Å². The van der Waals surface area contributed by atoms with Gasteiger partial charge in [-0.15, -0.1) is 0 Å². The van der Waals surface area contributed by atoms with E-state index in [1.54, 1.807) is 18.5 Å². The second-order valence-electron chi connectivity index (χ2n) is 9.82. The molecule has 5 aromatic heterocycles. The second-order valence-corrected chi connectivity index (χ2v) is 9.82. The monoisotopic (exact) mass is 504 g/mol. The van der Waals surface area contributed by atoms with Gasteiger partial charge in [-0.1, -0.05) is 12.1 Å². The summed E-state index contributed by atoms with van der Waals surface area (Å²) in [5, 5.41) is 11.9. The van der Waals surface area contributed by atoms with Crippen LogP contribution in [-0.2, 0) is 6.42 Å². The average Bonchev–Trinajstić information content (AvgIpc) is 3.57. The first-order chi connectivity index (χ1) is 18.7. The Hall–Kier alpha value is -4.50. The predicted octanol–water partition coefficient (Wildman–Crippen LogP) is 5.31. The summed E-state index contributed by atoms with van der Waals surface area (Å²) in [6.07, 6.45) is 10.7. The number of halogens is 1. The molecule has 9 heteroatoms. The fourth-order valence-electron chi connectivity index (χ4n) is 5.31. The molecule has 188 valence electrons. The zero-order chi connectivity index (χ0) is 25.5. The summed E-state index contributed by atoms with van der Waals surface area (Å²) in [5.41, 5.74) is 7.29. The van der Waals surface area contributed by atoms with Crippen molar-refractivity contribution in [1.82, 2.24) is 40.4 Å². The maximum Gasteiger partial charge on any atom is 0.159 e. The van der Waals surface area contributed by atoms with Gasteiger partial charge in [0.15, 0.2) is 5.82 Å². The number of imidazole rings is 1. The first-order valence-electron chi connectivity index (χ1n) is 12.8. The minimum atomic E-state index is -0.315. The van der Waals surface area contributed by atoms with Crippen molar-refractivity contribution in [3.05, 3.63) is 78.6 Å². The van der Waals surface area contributed by atoms with Crippen molar-refractivity contribution in [3.8, 4) is 34.0 Å². The molecule has 6 heterocycles. The molecule has 0 saturated carbocycles. The SMILES string of the molecule is Fc1cccc(-c2nccc3[nH]c(-c4n[nH]c5cnc(-c6cncc(CC7CCNCC7)c6)cc45)nc23)c1. The number of benzene rings is 1. The molecule has 0 radical (unpaired) electrons. The van der Waals surface area contributed by atoms with E-state index in [0.717, 1.165) is 47.2 Å². The van der Waals surface area contributed by atoms with E-state index in [1.165, 1.54) is 30.5 Å². The van der Waals surface area contributed by atoms with Crippen LogP contribution in [-0.4, -0.2) is 48.2 Å². The number of H-pyrrole nitrogens is 2. The molecule has 1 aliphatic heterocycles. The van der Waals surface area contributed by atoms with Crippen LogP contribution in [0.4, 0.5) is 4.39 Å². The summed E-state index contributed by atoms with van der Waals surface area (Å²) in [5.74, 6) is 0.973. The van der Waals surface area contributed by atoms with Crippen LogP contribution >= 0.6 is 0 Å². The maximum atomic E-state index is 13.9. The van der Waals surface area contributed by atoms with Crippen LogP contribution in [0.25, 0.3) is 56.0 Å². The van der Waals surface area contributed by atoms with Gasteiger partial charge in [-0.2, -0.15) is 5.10 Å². The molecular weight excluding hydrogens is 479 g/mol. The lowest BCUT2D eigenvalue weighted by Crippen LogP contribution is -2.28. The molecule has 0 amide bonds. The number of nitrogens with one attached hydrogen (secondary N) is 3. The Morgan fingerprint density at radius 1 is 0.895 bits per heavy atom. The highest BCUT2D eigenvalue weighted by Crippen LogP contribution is 2.32. The minimum absolute atomic E-state index is 0.315. The molecule has 0 unspecified atom stereocenters. The molecule has 38 heavy (non-hydrogen) atoms. The smallest absolute Gasteiger partial charge is 0.159 e. The molecule has 0 aliphatic carbocycles. The Bertz CT molecular complexity index is 1770. The Morgan fingerprint density at radius 2 is 1.82 bits per heavy atom. The van der Waals surface area contributed by atoms with E-state index < -0.39 is 0 Å². The van der Waals surface area contributed by atoms with Gasteiger partial charge in [0, 0.05) is 35.1 Å². The van der Waals surface area contributed by atoms with E-state index >= 15 is 0 Å². The number of hydrogen-bond donors (Lipinski definition) is 3. The van der Waals surface area contributed by atoms with E-state index in [-0.39, 0.29) is 5.82 Å². The van der Waals surface area contributed by atoms with Crippen LogP contribution in [0.3, 0.4) is 0 Å². The highest BCUT2D eigenvalue weighted by Gasteiger charge is 2.18. The van der Waals surface area contributed by atoms with Gasteiger partial charge in [-0.05, 0) is 74.2 Å². The number of rotatable bonds is 5. The van der Waals surface area contributed by atoms with Gasteiger partial charge in [-0.25, -0.2) is 9.37 Å². The van der Waals surface area contributed by atoms with E-state index in [4.69, 9.17) is 4.98 Å². The Morgan fingerprint density at radius 3 is 2.71 bits per heavy atom.